The minimum absolute atomic E-state index is 0.0543. The molecule has 0 bridgehead atoms. The van der Waals surface area contributed by atoms with Crippen molar-refractivity contribution in [3.63, 3.8) is 0 Å². The van der Waals surface area contributed by atoms with Crippen molar-refractivity contribution < 1.29 is 4.79 Å². The third kappa shape index (κ3) is 5.56. The third-order valence-electron chi connectivity index (χ3n) is 3.69. The lowest BCUT2D eigenvalue weighted by Gasteiger charge is -2.11. The molecule has 0 unspecified atom stereocenters. The standard InChI is InChI=1S/C18H25N5OS/c1-5-20-17(24)15-8-6-7-14(9-15)10-21-18(19-4)22-11-16-23-12(2)13(3)25-16/h6-9H,5,10-11H2,1-4H3,(H,20,24)(H2,19,21,22). The minimum Gasteiger partial charge on any atom is -0.352 e. The smallest absolute Gasteiger partial charge is 0.251 e. The number of hydrogen-bond donors (Lipinski definition) is 3. The zero-order chi connectivity index (χ0) is 18.2. The summed E-state index contributed by atoms with van der Waals surface area (Å²) >= 11 is 1.69. The van der Waals surface area contributed by atoms with E-state index in [-0.39, 0.29) is 5.91 Å². The average molecular weight is 359 g/mol. The van der Waals surface area contributed by atoms with Crippen molar-refractivity contribution in [2.75, 3.05) is 13.6 Å². The van der Waals surface area contributed by atoms with Gasteiger partial charge < -0.3 is 16.0 Å². The highest BCUT2D eigenvalue weighted by Crippen LogP contribution is 2.15. The van der Waals surface area contributed by atoms with Gasteiger partial charge >= 0.3 is 0 Å². The van der Waals surface area contributed by atoms with Crippen LogP contribution in [0.1, 0.15) is 38.4 Å². The van der Waals surface area contributed by atoms with Crippen molar-refractivity contribution >= 4 is 23.2 Å². The predicted octanol–water partition coefficient (Wildman–Crippen LogP) is 2.37. The number of rotatable bonds is 6. The molecule has 0 saturated carbocycles. The van der Waals surface area contributed by atoms with E-state index in [1.54, 1.807) is 18.4 Å². The zero-order valence-electron chi connectivity index (χ0n) is 15.1. The zero-order valence-corrected chi connectivity index (χ0v) is 16.0. The van der Waals surface area contributed by atoms with Gasteiger partial charge in [-0.05, 0) is 38.5 Å². The molecule has 0 aliphatic heterocycles. The normalized spacial score (nSPS) is 11.3. The molecule has 0 saturated heterocycles. The van der Waals surface area contributed by atoms with E-state index in [9.17, 15) is 4.79 Å². The number of aromatic nitrogens is 1. The number of guanidine groups is 1. The van der Waals surface area contributed by atoms with Crippen LogP contribution in [0.2, 0.25) is 0 Å². The highest BCUT2D eigenvalue weighted by Gasteiger charge is 2.07. The van der Waals surface area contributed by atoms with Gasteiger partial charge in [-0.2, -0.15) is 0 Å². The maximum Gasteiger partial charge on any atom is 0.251 e. The van der Waals surface area contributed by atoms with Crippen LogP contribution < -0.4 is 16.0 Å². The first-order chi connectivity index (χ1) is 12.0. The minimum atomic E-state index is -0.0543. The molecule has 0 atom stereocenters. The summed E-state index contributed by atoms with van der Waals surface area (Å²) in [5, 5.41) is 10.4. The van der Waals surface area contributed by atoms with Gasteiger partial charge in [0.25, 0.3) is 5.91 Å². The van der Waals surface area contributed by atoms with Gasteiger partial charge in [0.2, 0.25) is 0 Å². The predicted molar refractivity (Wildman–Crippen MR) is 103 cm³/mol. The van der Waals surface area contributed by atoms with E-state index in [0.29, 0.717) is 31.2 Å². The van der Waals surface area contributed by atoms with Gasteiger partial charge in [0, 0.05) is 30.6 Å². The number of nitrogens with one attached hydrogen (secondary N) is 3. The first kappa shape index (κ1) is 18.9. The summed E-state index contributed by atoms with van der Waals surface area (Å²) in [6, 6.07) is 7.57. The molecule has 1 amide bonds. The maximum atomic E-state index is 11.9. The van der Waals surface area contributed by atoms with E-state index in [0.717, 1.165) is 16.3 Å². The number of carbonyl (C=O) groups excluding carboxylic acids is 1. The van der Waals surface area contributed by atoms with E-state index >= 15 is 0 Å². The summed E-state index contributed by atoms with van der Waals surface area (Å²) in [7, 11) is 1.73. The first-order valence-electron chi connectivity index (χ1n) is 8.28. The van der Waals surface area contributed by atoms with Gasteiger partial charge in [0.05, 0.1) is 12.2 Å². The Kier molecular flexibility index (Phi) is 6.94. The van der Waals surface area contributed by atoms with Crippen molar-refractivity contribution in [1.82, 2.24) is 20.9 Å². The van der Waals surface area contributed by atoms with E-state index in [1.807, 2.05) is 38.1 Å². The number of aryl methyl sites for hydroxylation is 2. The van der Waals surface area contributed by atoms with Gasteiger partial charge in [0.15, 0.2) is 5.96 Å². The van der Waals surface area contributed by atoms with Crippen molar-refractivity contribution in [3.05, 3.63) is 51.0 Å². The number of carbonyl (C=O) groups is 1. The fourth-order valence-corrected chi connectivity index (χ4v) is 3.14. The van der Waals surface area contributed by atoms with Crippen molar-refractivity contribution in [2.24, 2.45) is 4.99 Å². The fraction of sp³-hybridized carbons (Fsp3) is 0.389. The Morgan fingerprint density at radius 2 is 1.96 bits per heavy atom. The lowest BCUT2D eigenvalue weighted by Crippen LogP contribution is -2.36. The number of thiazole rings is 1. The van der Waals surface area contributed by atoms with Gasteiger partial charge in [-0.1, -0.05) is 12.1 Å². The van der Waals surface area contributed by atoms with Crippen molar-refractivity contribution in [1.29, 1.82) is 0 Å². The van der Waals surface area contributed by atoms with Crippen LogP contribution in [-0.2, 0) is 13.1 Å². The Morgan fingerprint density at radius 3 is 2.60 bits per heavy atom. The lowest BCUT2D eigenvalue weighted by molar-refractivity contribution is 0.0955. The Hall–Kier alpha value is -2.41. The molecular weight excluding hydrogens is 334 g/mol. The molecule has 0 aliphatic rings. The van der Waals surface area contributed by atoms with Crippen molar-refractivity contribution in [2.45, 2.75) is 33.9 Å². The molecule has 2 rings (SSSR count). The third-order valence-corrected chi connectivity index (χ3v) is 4.76. The summed E-state index contributed by atoms with van der Waals surface area (Å²) in [5.41, 5.74) is 2.76. The van der Waals surface area contributed by atoms with Crippen LogP contribution in [0.3, 0.4) is 0 Å². The summed E-state index contributed by atoms with van der Waals surface area (Å²) in [5.74, 6) is 0.648. The monoisotopic (exact) mass is 359 g/mol. The summed E-state index contributed by atoms with van der Waals surface area (Å²) < 4.78 is 0. The molecule has 0 spiro atoms. The fourth-order valence-electron chi connectivity index (χ4n) is 2.27. The van der Waals surface area contributed by atoms with Gasteiger partial charge in [-0.25, -0.2) is 4.98 Å². The van der Waals surface area contributed by atoms with Gasteiger partial charge in [-0.3, -0.25) is 9.79 Å². The maximum absolute atomic E-state index is 11.9. The SMILES string of the molecule is CCNC(=O)c1cccc(CNC(=NC)NCc2nc(C)c(C)s2)c1. The Bertz CT molecular complexity index is 734. The molecule has 0 aliphatic carbocycles. The topological polar surface area (TPSA) is 78.4 Å². The molecule has 2 aromatic rings. The molecule has 0 fully saturated rings. The number of nitrogens with zero attached hydrogens (tertiary/aromatic N) is 2. The van der Waals surface area contributed by atoms with Crippen LogP contribution >= 0.6 is 11.3 Å². The quantitative estimate of drug-likeness (QED) is 0.547. The van der Waals surface area contributed by atoms with Crippen LogP contribution in [0.4, 0.5) is 0 Å². The van der Waals surface area contributed by atoms with E-state index < -0.39 is 0 Å². The largest absolute Gasteiger partial charge is 0.352 e. The Balaban J connectivity index is 1.90. The molecule has 6 nitrogen and oxygen atoms in total. The number of benzene rings is 1. The molecular formula is C18H25N5OS. The Labute approximate surface area is 152 Å². The molecule has 1 heterocycles. The Morgan fingerprint density at radius 1 is 1.20 bits per heavy atom. The molecule has 1 aromatic carbocycles. The van der Waals surface area contributed by atoms with E-state index in [4.69, 9.17) is 0 Å². The number of amides is 1. The molecule has 3 N–H and O–H groups in total. The summed E-state index contributed by atoms with van der Waals surface area (Å²) in [4.78, 5) is 21.9. The highest BCUT2D eigenvalue weighted by molar-refractivity contribution is 7.11. The average Bonchev–Trinajstić information content (AvgIpc) is 2.93. The van der Waals surface area contributed by atoms with Crippen LogP contribution in [0.5, 0.6) is 0 Å². The van der Waals surface area contributed by atoms with Crippen LogP contribution in [0.15, 0.2) is 29.3 Å². The van der Waals surface area contributed by atoms with Crippen LogP contribution in [-0.4, -0.2) is 30.4 Å². The second-order valence-corrected chi connectivity index (χ2v) is 6.88. The first-order valence-corrected chi connectivity index (χ1v) is 9.09. The number of aliphatic imine (C=N–C) groups is 1. The molecule has 1 aromatic heterocycles. The summed E-state index contributed by atoms with van der Waals surface area (Å²) in [6.07, 6.45) is 0. The highest BCUT2D eigenvalue weighted by atomic mass is 32.1. The van der Waals surface area contributed by atoms with Crippen LogP contribution in [0.25, 0.3) is 0 Å². The van der Waals surface area contributed by atoms with Gasteiger partial charge in [-0.15, -0.1) is 11.3 Å². The molecule has 0 radical (unpaired) electrons. The second kappa shape index (κ2) is 9.17. The van der Waals surface area contributed by atoms with Gasteiger partial charge in [0.1, 0.15) is 5.01 Å². The van der Waals surface area contributed by atoms with Crippen LogP contribution in [0, 0.1) is 13.8 Å². The summed E-state index contributed by atoms with van der Waals surface area (Å²) in [6.45, 7) is 7.84. The number of hydrogen-bond acceptors (Lipinski definition) is 4. The molecule has 7 heteroatoms. The second-order valence-electron chi connectivity index (χ2n) is 5.59. The van der Waals surface area contributed by atoms with Crippen molar-refractivity contribution in [3.8, 4) is 0 Å². The molecule has 134 valence electrons. The van der Waals surface area contributed by atoms with E-state index in [1.165, 1.54) is 4.88 Å². The molecule has 25 heavy (non-hydrogen) atoms. The lowest BCUT2D eigenvalue weighted by atomic mass is 10.1. The van der Waals surface area contributed by atoms with E-state index in [2.05, 4.69) is 32.9 Å².